The average molecular weight is 176 g/mol. The van der Waals surface area contributed by atoms with Crippen LogP contribution in [-0.2, 0) is 0 Å². The summed E-state index contributed by atoms with van der Waals surface area (Å²) in [5, 5.41) is 3.76. The molecule has 1 rings (SSSR count). The Morgan fingerprint density at radius 2 is 2.70 bits per heavy atom. The first-order valence-corrected chi connectivity index (χ1v) is 5.15. The second-order valence-corrected chi connectivity index (χ2v) is 4.81. The first-order valence-electron chi connectivity index (χ1n) is 3.28. The Morgan fingerprint density at radius 3 is 3.20 bits per heavy atom. The molecule has 1 aliphatic heterocycles. The molecule has 3 N–H and O–H groups in total. The fourth-order valence-electron chi connectivity index (χ4n) is 0.663. The summed E-state index contributed by atoms with van der Waals surface area (Å²) < 4.78 is 1.36. The van der Waals surface area contributed by atoms with Crippen LogP contribution in [0.15, 0.2) is 10.4 Å². The third-order valence-electron chi connectivity index (χ3n) is 1.09. The molecule has 0 spiro atoms. The summed E-state index contributed by atoms with van der Waals surface area (Å²) in [6.07, 6.45) is 2.07. The first-order chi connectivity index (χ1) is 4.83. The van der Waals surface area contributed by atoms with Crippen molar-refractivity contribution >= 4 is 23.5 Å². The molecule has 1 heterocycles. The minimum Gasteiger partial charge on any atom is -0.378 e. The van der Waals surface area contributed by atoms with Crippen molar-refractivity contribution in [3.05, 3.63) is 10.4 Å². The van der Waals surface area contributed by atoms with Gasteiger partial charge in [0.15, 0.2) is 0 Å². The van der Waals surface area contributed by atoms with Gasteiger partial charge in [-0.05, 0) is 6.92 Å². The molecule has 0 aliphatic carbocycles. The molecule has 1 atom stereocenters. The van der Waals surface area contributed by atoms with Crippen molar-refractivity contribution in [3.8, 4) is 0 Å². The molecule has 0 saturated carbocycles. The van der Waals surface area contributed by atoms with Crippen LogP contribution in [0.5, 0.6) is 0 Å². The van der Waals surface area contributed by atoms with Crippen LogP contribution < -0.4 is 11.1 Å². The van der Waals surface area contributed by atoms with Crippen LogP contribution in [0.25, 0.3) is 0 Å². The van der Waals surface area contributed by atoms with Crippen molar-refractivity contribution in [1.29, 1.82) is 0 Å². The lowest BCUT2D eigenvalue weighted by atomic mass is 10.7. The van der Waals surface area contributed by atoms with Crippen molar-refractivity contribution in [3.63, 3.8) is 0 Å². The summed E-state index contributed by atoms with van der Waals surface area (Å²) in [5.41, 5.74) is 5.36. The smallest absolute Gasteiger partial charge is 0.0741 e. The van der Waals surface area contributed by atoms with Gasteiger partial charge in [0.2, 0.25) is 0 Å². The summed E-state index contributed by atoms with van der Waals surface area (Å²) in [7, 11) is 0. The highest BCUT2D eigenvalue weighted by Gasteiger charge is 2.11. The normalized spacial score (nSPS) is 24.2. The van der Waals surface area contributed by atoms with Gasteiger partial charge < -0.3 is 11.1 Å². The van der Waals surface area contributed by atoms with E-state index in [1.807, 2.05) is 23.5 Å². The summed E-state index contributed by atoms with van der Waals surface area (Å²) in [4.78, 5) is 0. The largest absolute Gasteiger partial charge is 0.378 e. The van der Waals surface area contributed by atoms with Crippen LogP contribution in [0, 0.1) is 0 Å². The number of nitrogens with one attached hydrogen (secondary N) is 1. The molecule has 0 bridgehead atoms. The predicted molar refractivity (Wildman–Crippen MR) is 49.8 cm³/mol. The van der Waals surface area contributed by atoms with E-state index in [1.54, 1.807) is 0 Å². The molecule has 10 heavy (non-hydrogen) atoms. The van der Waals surface area contributed by atoms with Crippen molar-refractivity contribution < 1.29 is 0 Å². The minimum absolute atomic E-state index is 0.542. The number of hydrogen-bond donors (Lipinski definition) is 2. The van der Waals surface area contributed by atoms with E-state index in [4.69, 9.17) is 5.73 Å². The van der Waals surface area contributed by atoms with E-state index < -0.39 is 0 Å². The molecule has 1 aliphatic rings. The Morgan fingerprint density at radius 1 is 1.90 bits per heavy atom. The molecule has 2 nitrogen and oxygen atoms in total. The third kappa shape index (κ3) is 2.44. The highest BCUT2D eigenvalue weighted by molar-refractivity contribution is 8.22. The minimum atomic E-state index is 0.542. The maximum atomic E-state index is 5.36. The summed E-state index contributed by atoms with van der Waals surface area (Å²) >= 11 is 3.69. The summed E-state index contributed by atoms with van der Waals surface area (Å²) in [6.45, 7) is 2.91. The van der Waals surface area contributed by atoms with Crippen LogP contribution in [0.3, 0.4) is 0 Å². The van der Waals surface area contributed by atoms with Gasteiger partial charge in [-0.25, -0.2) is 0 Å². The molecule has 0 amide bonds. The Labute approximate surface area is 70.0 Å². The zero-order chi connectivity index (χ0) is 7.40. The molecule has 0 fully saturated rings. The van der Waals surface area contributed by atoms with E-state index in [1.165, 1.54) is 4.24 Å². The second-order valence-electron chi connectivity index (χ2n) is 2.03. The van der Waals surface area contributed by atoms with Crippen molar-refractivity contribution in [2.24, 2.45) is 5.73 Å². The molecular formula is C6H12N2S2. The van der Waals surface area contributed by atoms with E-state index in [-0.39, 0.29) is 0 Å². The predicted octanol–water partition coefficient (Wildman–Crippen LogP) is 1.16. The molecular weight excluding hydrogens is 164 g/mol. The standard InChI is InChI=1S/C6H12N2S2/c1-5-8-4-6(10-5)9-3-2-7/h4-5,8H,2-3,7H2,1H3. The number of thioether (sulfide) groups is 2. The monoisotopic (exact) mass is 176 g/mol. The van der Waals surface area contributed by atoms with E-state index in [0.29, 0.717) is 5.37 Å². The number of nitrogens with two attached hydrogens (primary N) is 1. The highest BCUT2D eigenvalue weighted by Crippen LogP contribution is 2.33. The van der Waals surface area contributed by atoms with Gasteiger partial charge in [-0.2, -0.15) is 0 Å². The topological polar surface area (TPSA) is 38.0 Å². The van der Waals surface area contributed by atoms with Crippen LogP contribution >= 0.6 is 23.5 Å². The molecule has 1 unspecified atom stereocenters. The van der Waals surface area contributed by atoms with Crippen LogP contribution in [0.1, 0.15) is 6.92 Å². The van der Waals surface area contributed by atoms with Gasteiger partial charge in [0.1, 0.15) is 0 Å². The zero-order valence-electron chi connectivity index (χ0n) is 5.96. The van der Waals surface area contributed by atoms with Crippen LogP contribution in [-0.4, -0.2) is 17.7 Å². The molecule has 0 aromatic heterocycles. The molecule has 4 heteroatoms. The highest BCUT2D eigenvalue weighted by atomic mass is 32.2. The van der Waals surface area contributed by atoms with Crippen LogP contribution in [0.4, 0.5) is 0 Å². The van der Waals surface area contributed by atoms with Crippen LogP contribution in [0.2, 0.25) is 0 Å². The van der Waals surface area contributed by atoms with Gasteiger partial charge in [-0.15, -0.1) is 11.8 Å². The van der Waals surface area contributed by atoms with Gasteiger partial charge in [0, 0.05) is 18.5 Å². The Bertz CT molecular complexity index is 136. The Balaban J connectivity index is 2.17. The third-order valence-corrected chi connectivity index (χ3v) is 3.42. The van der Waals surface area contributed by atoms with Crippen molar-refractivity contribution in [2.75, 3.05) is 12.3 Å². The summed E-state index contributed by atoms with van der Waals surface area (Å²) in [5.74, 6) is 1.02. The molecule has 58 valence electrons. The lowest BCUT2D eigenvalue weighted by molar-refractivity contribution is 0.874. The zero-order valence-corrected chi connectivity index (χ0v) is 7.60. The second kappa shape index (κ2) is 4.16. The lowest BCUT2D eigenvalue weighted by Crippen LogP contribution is -2.09. The van der Waals surface area contributed by atoms with E-state index in [0.717, 1.165) is 12.3 Å². The molecule has 0 aromatic rings. The molecule has 0 aromatic carbocycles. The quantitative estimate of drug-likeness (QED) is 0.677. The van der Waals surface area contributed by atoms with Gasteiger partial charge >= 0.3 is 0 Å². The maximum Gasteiger partial charge on any atom is 0.0741 e. The van der Waals surface area contributed by atoms with Crippen molar-refractivity contribution in [2.45, 2.75) is 12.3 Å². The van der Waals surface area contributed by atoms with E-state index in [9.17, 15) is 0 Å². The van der Waals surface area contributed by atoms with Gasteiger partial charge in [-0.1, -0.05) is 11.8 Å². The molecule has 0 radical (unpaired) electrons. The Kier molecular flexibility index (Phi) is 3.45. The van der Waals surface area contributed by atoms with Gasteiger partial charge in [-0.3, -0.25) is 0 Å². The fourth-order valence-corrected chi connectivity index (χ4v) is 2.71. The average Bonchev–Trinajstić information content (AvgIpc) is 2.31. The summed E-state index contributed by atoms with van der Waals surface area (Å²) in [6, 6.07) is 0. The van der Waals surface area contributed by atoms with E-state index in [2.05, 4.69) is 18.4 Å². The Hall–Kier alpha value is 0.200. The number of rotatable bonds is 3. The maximum absolute atomic E-state index is 5.36. The van der Waals surface area contributed by atoms with Crippen molar-refractivity contribution in [1.82, 2.24) is 5.32 Å². The number of hydrogen-bond acceptors (Lipinski definition) is 4. The lowest BCUT2D eigenvalue weighted by Gasteiger charge is -2.00. The SMILES string of the molecule is CC1NC=C(SCCN)S1. The fraction of sp³-hybridized carbons (Fsp3) is 0.667. The van der Waals surface area contributed by atoms with Gasteiger partial charge in [0.25, 0.3) is 0 Å². The van der Waals surface area contributed by atoms with E-state index >= 15 is 0 Å². The molecule has 0 saturated heterocycles. The first kappa shape index (κ1) is 8.30. The van der Waals surface area contributed by atoms with Gasteiger partial charge in [0.05, 0.1) is 9.61 Å².